The Morgan fingerprint density at radius 3 is 2.16 bits per heavy atom. The zero-order valence-electron chi connectivity index (χ0n) is 30.7. The molecule has 0 radical (unpaired) electrons. The van der Waals surface area contributed by atoms with E-state index >= 15 is 0 Å². The summed E-state index contributed by atoms with van der Waals surface area (Å²) in [5, 5.41) is 3.22. The number of carbonyl (C=O) groups excluding carboxylic acids is 1. The third-order valence-corrected chi connectivity index (χ3v) is 19.7. The molecule has 4 atom stereocenters. The molecule has 2 aromatic heterocycles. The van der Waals surface area contributed by atoms with Gasteiger partial charge in [0.25, 0.3) is 0 Å². The monoisotopic (exact) mass is 714 g/mol. The van der Waals surface area contributed by atoms with Crippen LogP contribution in [0.25, 0.3) is 11.2 Å². The van der Waals surface area contributed by atoms with Crippen molar-refractivity contribution in [2.24, 2.45) is 0 Å². The number of aromatic nitrogens is 4. The van der Waals surface area contributed by atoms with Crippen LogP contribution in [0.1, 0.15) is 86.1 Å². The highest BCUT2D eigenvalue weighted by Crippen LogP contribution is 2.49. The smallest absolute Gasteiger partial charge is 0.335 e. The Morgan fingerprint density at radius 2 is 1.59 bits per heavy atom. The number of nitrogens with two attached hydrogens (primary N) is 1. The van der Waals surface area contributed by atoms with Crippen LogP contribution in [0.2, 0.25) is 22.2 Å². The molecule has 2 aliphatic rings. The number of methoxy groups -OCH3 is 1. The predicted molar refractivity (Wildman–Crippen MR) is 193 cm³/mol. The van der Waals surface area contributed by atoms with Crippen LogP contribution in [0.5, 0.6) is 5.75 Å². The normalized spacial score (nSPS) is 23.8. The van der Waals surface area contributed by atoms with Crippen molar-refractivity contribution in [1.82, 2.24) is 19.5 Å². The van der Waals surface area contributed by atoms with Crippen molar-refractivity contribution in [2.75, 3.05) is 31.4 Å². The van der Waals surface area contributed by atoms with Gasteiger partial charge in [-0.1, -0.05) is 73.6 Å². The van der Waals surface area contributed by atoms with Crippen LogP contribution in [0.15, 0.2) is 30.3 Å². The predicted octanol–water partition coefficient (Wildman–Crippen LogP) is 6.36. The second-order valence-corrected chi connectivity index (χ2v) is 23.4. The number of rotatable bonds is 12. The van der Waals surface area contributed by atoms with Gasteiger partial charge in [0.2, 0.25) is 11.7 Å². The number of nitrogen functional groups attached to an aromatic ring is 1. The standard InChI is InChI=1S/C34H54N6O7Si2/c1-19(2)36-34-38-30(35)27-32(39-34)40(31(37-27)25(41)17-43-24-15-13-12-14-16-24)33-29(42-11)28-26(45-33)18-44-48(20(3)4,21(5)6)47-49(46-28,22(7)8)23(9)10/h12-16,19-23,26,28-29,33H,17-18H2,1-11H3,(H3,35,36,38,39)/t26-,28-,29-,33-/m1/s1. The van der Waals surface area contributed by atoms with Crippen LogP contribution in [0.3, 0.4) is 0 Å². The molecule has 3 N–H and O–H groups in total. The lowest BCUT2D eigenvalue weighted by Gasteiger charge is -2.51. The Hall–Kier alpha value is -2.93. The molecule has 0 bridgehead atoms. The summed E-state index contributed by atoms with van der Waals surface area (Å²) in [7, 11) is -4.21. The van der Waals surface area contributed by atoms with Crippen LogP contribution in [0, 0.1) is 0 Å². The SMILES string of the molecule is CO[C@@H]1[C@@H]2O[Si](C(C)C)(C(C)C)O[Si](C(C)C)(C(C)C)OC[C@H]2O[C@H]1n1c(C(=O)COc2ccccc2)nc2c(N)nc(NC(C)C)nc21. The molecule has 2 aliphatic heterocycles. The topological polar surface area (TPSA) is 154 Å². The van der Waals surface area contributed by atoms with Crippen molar-refractivity contribution < 1.29 is 32.0 Å². The summed E-state index contributed by atoms with van der Waals surface area (Å²) in [6.07, 6.45) is -2.64. The Bertz CT molecular complexity index is 1590. The number of imidazole rings is 1. The van der Waals surface area contributed by atoms with Gasteiger partial charge in [0.1, 0.15) is 24.1 Å². The molecular weight excluding hydrogens is 661 g/mol. The van der Waals surface area contributed by atoms with Crippen LogP contribution in [-0.2, 0) is 22.4 Å². The number of hydrogen-bond donors (Lipinski definition) is 2. The second kappa shape index (κ2) is 14.7. The number of carbonyl (C=O) groups is 1. The number of para-hydroxylation sites is 1. The third-order valence-electron chi connectivity index (χ3n) is 9.49. The molecule has 270 valence electrons. The van der Waals surface area contributed by atoms with Crippen LogP contribution in [0.4, 0.5) is 11.8 Å². The van der Waals surface area contributed by atoms with Crippen molar-refractivity contribution in [2.45, 2.75) is 122 Å². The van der Waals surface area contributed by atoms with E-state index in [1.54, 1.807) is 23.8 Å². The maximum absolute atomic E-state index is 14.0. The fourth-order valence-corrected chi connectivity index (χ4v) is 18.3. The molecule has 0 aliphatic carbocycles. The van der Waals surface area contributed by atoms with Crippen LogP contribution in [-0.4, -0.2) is 87.1 Å². The van der Waals surface area contributed by atoms with E-state index in [2.05, 4.69) is 65.7 Å². The maximum Gasteiger partial charge on any atom is 0.335 e. The zero-order valence-corrected chi connectivity index (χ0v) is 32.7. The van der Waals surface area contributed by atoms with Crippen molar-refractivity contribution >= 4 is 45.8 Å². The number of ether oxygens (including phenoxy) is 3. The Kier molecular flexibility index (Phi) is 11.2. The number of nitrogens with zero attached hydrogens (tertiary/aromatic N) is 4. The summed E-state index contributed by atoms with van der Waals surface area (Å²) in [6, 6.07) is 9.18. The minimum atomic E-state index is -3.01. The molecule has 0 spiro atoms. The van der Waals surface area contributed by atoms with Crippen LogP contribution >= 0.6 is 0 Å². The van der Waals surface area contributed by atoms with Gasteiger partial charge >= 0.3 is 17.1 Å². The van der Waals surface area contributed by atoms with E-state index in [1.807, 2.05) is 32.0 Å². The molecule has 0 amide bonds. The number of nitrogens with one attached hydrogen (secondary N) is 1. The highest BCUT2D eigenvalue weighted by atomic mass is 28.5. The minimum absolute atomic E-state index is 0.0282. The Morgan fingerprint density at radius 1 is 0.959 bits per heavy atom. The van der Waals surface area contributed by atoms with E-state index in [9.17, 15) is 4.79 Å². The second-order valence-electron chi connectivity index (χ2n) is 14.6. The maximum atomic E-state index is 14.0. The Labute approximate surface area is 292 Å². The van der Waals surface area contributed by atoms with E-state index in [0.717, 1.165) is 0 Å². The average molecular weight is 715 g/mol. The zero-order chi connectivity index (χ0) is 35.8. The molecular formula is C34H54N6O7Si2. The summed E-state index contributed by atoms with van der Waals surface area (Å²) < 4.78 is 42.4. The first-order valence-electron chi connectivity index (χ1n) is 17.4. The number of hydrogen-bond acceptors (Lipinski definition) is 12. The van der Waals surface area contributed by atoms with E-state index in [0.29, 0.717) is 17.3 Å². The molecule has 15 heteroatoms. The number of benzene rings is 1. The first kappa shape index (κ1) is 37.3. The van der Waals surface area contributed by atoms with E-state index in [4.69, 9.17) is 42.9 Å². The van der Waals surface area contributed by atoms with Gasteiger partial charge in [-0.15, -0.1) is 0 Å². The summed E-state index contributed by atoms with van der Waals surface area (Å²) in [6.45, 7) is 21.4. The third kappa shape index (κ3) is 7.03. The highest BCUT2D eigenvalue weighted by Gasteiger charge is 2.62. The minimum Gasteiger partial charge on any atom is -0.485 e. The molecule has 2 fully saturated rings. The van der Waals surface area contributed by atoms with Gasteiger partial charge in [0, 0.05) is 13.2 Å². The van der Waals surface area contributed by atoms with Gasteiger partial charge in [-0.05, 0) is 48.1 Å². The summed E-state index contributed by atoms with van der Waals surface area (Å²) in [4.78, 5) is 27.9. The van der Waals surface area contributed by atoms with Crippen molar-refractivity contribution in [3.63, 3.8) is 0 Å². The molecule has 3 aromatic rings. The molecule has 4 heterocycles. The summed E-state index contributed by atoms with van der Waals surface area (Å²) in [5.74, 6) is 0.677. The lowest BCUT2D eigenvalue weighted by atomic mass is 10.1. The largest absolute Gasteiger partial charge is 0.485 e. The lowest BCUT2D eigenvalue weighted by Crippen LogP contribution is -2.65. The van der Waals surface area contributed by atoms with Gasteiger partial charge in [-0.3, -0.25) is 9.36 Å². The molecule has 0 unspecified atom stereocenters. The first-order chi connectivity index (χ1) is 23.1. The molecule has 13 nitrogen and oxygen atoms in total. The van der Waals surface area contributed by atoms with E-state index in [-0.39, 0.29) is 64.4 Å². The number of Topliss-reactive ketones (excluding diaryl/α,β-unsaturated/α-hetero) is 1. The molecule has 49 heavy (non-hydrogen) atoms. The van der Waals surface area contributed by atoms with Gasteiger partial charge in [0.05, 0.1) is 6.61 Å². The Balaban J connectivity index is 1.65. The summed E-state index contributed by atoms with van der Waals surface area (Å²) in [5.41, 5.74) is 7.63. The average Bonchev–Trinajstić information content (AvgIpc) is 3.57. The summed E-state index contributed by atoms with van der Waals surface area (Å²) >= 11 is 0. The van der Waals surface area contributed by atoms with Crippen LogP contribution < -0.4 is 15.8 Å². The van der Waals surface area contributed by atoms with Gasteiger partial charge in [0.15, 0.2) is 35.6 Å². The van der Waals surface area contributed by atoms with Crippen molar-refractivity contribution in [1.29, 1.82) is 0 Å². The number of ketones is 1. The highest BCUT2D eigenvalue weighted by molar-refractivity contribution is 6.84. The molecule has 2 saturated heterocycles. The van der Waals surface area contributed by atoms with Gasteiger partial charge in [-0.2, -0.15) is 9.97 Å². The fourth-order valence-electron chi connectivity index (χ4n) is 7.07. The van der Waals surface area contributed by atoms with E-state index < -0.39 is 41.7 Å². The van der Waals surface area contributed by atoms with Gasteiger partial charge in [-0.25, -0.2) is 4.98 Å². The number of anilines is 2. The van der Waals surface area contributed by atoms with E-state index in [1.165, 1.54) is 0 Å². The fraction of sp³-hybridized carbons (Fsp3) is 0.647. The molecule has 0 saturated carbocycles. The van der Waals surface area contributed by atoms with Crippen molar-refractivity contribution in [3.05, 3.63) is 36.2 Å². The quantitative estimate of drug-likeness (QED) is 0.159. The molecule has 5 rings (SSSR count). The number of fused-ring (bicyclic) bond motifs is 2. The van der Waals surface area contributed by atoms with Gasteiger partial charge < -0.3 is 38.2 Å². The lowest BCUT2D eigenvalue weighted by molar-refractivity contribution is -0.0608. The molecule has 1 aromatic carbocycles. The first-order valence-corrected chi connectivity index (χ1v) is 21.3. The van der Waals surface area contributed by atoms with Crippen molar-refractivity contribution in [3.8, 4) is 5.75 Å².